The van der Waals surface area contributed by atoms with E-state index in [0.29, 0.717) is 12.5 Å². The fourth-order valence-electron chi connectivity index (χ4n) is 1.26. The van der Waals surface area contributed by atoms with Crippen LogP contribution in [0.25, 0.3) is 0 Å². The Labute approximate surface area is 88.7 Å². The first kappa shape index (κ1) is 11.7. The van der Waals surface area contributed by atoms with Gasteiger partial charge in [0.1, 0.15) is 0 Å². The number of halogens is 1. The number of anilines is 1. The van der Waals surface area contributed by atoms with E-state index in [2.05, 4.69) is 16.9 Å². The minimum Gasteiger partial charge on any atom is -0.475 e. The van der Waals surface area contributed by atoms with Crippen molar-refractivity contribution in [1.29, 1.82) is 0 Å². The molecule has 0 radical (unpaired) electrons. The third-order valence-corrected chi connectivity index (χ3v) is 2.02. The topological polar surface area (TPSA) is 61.0 Å². The highest BCUT2D eigenvalue weighted by molar-refractivity contribution is 5.22. The lowest BCUT2D eigenvalue weighted by atomic mass is 10.1. The van der Waals surface area contributed by atoms with E-state index in [4.69, 9.17) is 10.5 Å². The molecule has 0 bridgehead atoms. The average molecular weight is 213 g/mol. The minimum absolute atomic E-state index is 0.0227. The maximum Gasteiger partial charge on any atom is 0.255 e. The van der Waals surface area contributed by atoms with E-state index in [1.165, 1.54) is 0 Å². The Bertz CT molecular complexity index is 320. The number of nitrogens with zero attached hydrogens (tertiary/aromatic N) is 2. The van der Waals surface area contributed by atoms with Crippen LogP contribution in [-0.4, -0.2) is 16.6 Å². The zero-order valence-corrected chi connectivity index (χ0v) is 9.03. The molecule has 4 nitrogen and oxygen atoms in total. The first-order chi connectivity index (χ1) is 7.13. The summed E-state index contributed by atoms with van der Waals surface area (Å²) >= 11 is 0. The number of ether oxygens (including phenoxy) is 1. The van der Waals surface area contributed by atoms with E-state index < -0.39 is 5.82 Å². The predicted octanol–water partition coefficient (Wildman–Crippen LogP) is 2.01. The molecule has 84 valence electrons. The molecule has 0 saturated carbocycles. The number of nitrogens with two attached hydrogens (primary N) is 1. The molecule has 2 N–H and O–H groups in total. The predicted molar refractivity (Wildman–Crippen MR) is 56.0 cm³/mol. The summed E-state index contributed by atoms with van der Waals surface area (Å²) in [5.74, 6) is -0.238. The second kappa shape index (κ2) is 5.48. The Balaban J connectivity index is 2.53. The van der Waals surface area contributed by atoms with Gasteiger partial charge in [0.2, 0.25) is 11.8 Å². The molecule has 5 heteroatoms. The Morgan fingerprint density at radius 1 is 1.60 bits per heavy atom. The zero-order valence-electron chi connectivity index (χ0n) is 9.03. The molecule has 1 rings (SSSR count). The van der Waals surface area contributed by atoms with Crippen molar-refractivity contribution < 1.29 is 9.13 Å². The third kappa shape index (κ3) is 3.69. The lowest BCUT2D eigenvalue weighted by molar-refractivity contribution is 0.232. The van der Waals surface area contributed by atoms with Gasteiger partial charge in [-0.15, -0.1) is 0 Å². The number of nitrogen functional groups attached to an aromatic ring is 1. The van der Waals surface area contributed by atoms with Crippen LogP contribution >= 0.6 is 0 Å². The smallest absolute Gasteiger partial charge is 0.255 e. The number of hydrogen-bond donors (Lipinski definition) is 1. The SMILES string of the molecule is CCCC(C)COc1nc(N)ncc1F. The Morgan fingerprint density at radius 3 is 3.00 bits per heavy atom. The van der Waals surface area contributed by atoms with Gasteiger partial charge in [-0.3, -0.25) is 0 Å². The maximum absolute atomic E-state index is 13.1. The highest BCUT2D eigenvalue weighted by atomic mass is 19.1. The molecule has 1 unspecified atom stereocenters. The van der Waals surface area contributed by atoms with Crippen molar-refractivity contribution in [2.45, 2.75) is 26.7 Å². The standard InChI is InChI=1S/C10H16FN3O/c1-3-4-7(2)6-15-9-8(11)5-13-10(12)14-9/h5,7H,3-4,6H2,1-2H3,(H2,12,13,14). The van der Waals surface area contributed by atoms with Gasteiger partial charge in [-0.2, -0.15) is 9.37 Å². The van der Waals surface area contributed by atoms with Gasteiger partial charge in [0.05, 0.1) is 12.8 Å². The summed E-state index contributed by atoms with van der Waals surface area (Å²) in [5, 5.41) is 0. The largest absolute Gasteiger partial charge is 0.475 e. The molecular weight excluding hydrogens is 197 g/mol. The van der Waals surface area contributed by atoms with Crippen molar-refractivity contribution in [3.63, 3.8) is 0 Å². The highest BCUT2D eigenvalue weighted by Gasteiger charge is 2.08. The van der Waals surface area contributed by atoms with E-state index in [-0.39, 0.29) is 11.8 Å². The van der Waals surface area contributed by atoms with Crippen LogP contribution < -0.4 is 10.5 Å². The Hall–Kier alpha value is -1.39. The number of aromatic nitrogens is 2. The molecule has 0 aromatic carbocycles. The third-order valence-electron chi connectivity index (χ3n) is 2.02. The van der Waals surface area contributed by atoms with E-state index in [1.54, 1.807) is 0 Å². The van der Waals surface area contributed by atoms with E-state index in [0.717, 1.165) is 19.0 Å². The van der Waals surface area contributed by atoms with E-state index in [1.807, 2.05) is 6.92 Å². The lowest BCUT2D eigenvalue weighted by Gasteiger charge is -2.11. The first-order valence-corrected chi connectivity index (χ1v) is 5.04. The van der Waals surface area contributed by atoms with Crippen molar-refractivity contribution in [3.8, 4) is 5.88 Å². The van der Waals surface area contributed by atoms with Crippen molar-refractivity contribution in [2.75, 3.05) is 12.3 Å². The van der Waals surface area contributed by atoms with Crippen molar-refractivity contribution in [3.05, 3.63) is 12.0 Å². The monoisotopic (exact) mass is 213 g/mol. The zero-order chi connectivity index (χ0) is 11.3. The average Bonchev–Trinajstić information content (AvgIpc) is 2.20. The lowest BCUT2D eigenvalue weighted by Crippen LogP contribution is -2.11. The molecule has 0 aliphatic heterocycles. The van der Waals surface area contributed by atoms with Gasteiger partial charge in [0, 0.05) is 0 Å². The van der Waals surface area contributed by atoms with Crippen LogP contribution in [0.4, 0.5) is 10.3 Å². The molecular formula is C10H16FN3O. The fraction of sp³-hybridized carbons (Fsp3) is 0.600. The van der Waals surface area contributed by atoms with Crippen LogP contribution in [-0.2, 0) is 0 Å². The summed E-state index contributed by atoms with van der Waals surface area (Å²) in [5.41, 5.74) is 5.32. The van der Waals surface area contributed by atoms with E-state index >= 15 is 0 Å². The summed E-state index contributed by atoms with van der Waals surface area (Å²) in [6, 6.07) is 0. The van der Waals surface area contributed by atoms with Gasteiger partial charge in [-0.05, 0) is 12.3 Å². The van der Waals surface area contributed by atoms with Crippen LogP contribution in [0.1, 0.15) is 26.7 Å². The quantitative estimate of drug-likeness (QED) is 0.812. The van der Waals surface area contributed by atoms with Crippen LogP contribution in [0.15, 0.2) is 6.20 Å². The van der Waals surface area contributed by atoms with Crippen molar-refractivity contribution in [1.82, 2.24) is 9.97 Å². The number of rotatable bonds is 5. The molecule has 1 aromatic rings. The van der Waals surface area contributed by atoms with Crippen LogP contribution in [0.5, 0.6) is 5.88 Å². The fourth-order valence-corrected chi connectivity index (χ4v) is 1.26. The molecule has 1 atom stereocenters. The van der Waals surface area contributed by atoms with Crippen LogP contribution in [0.2, 0.25) is 0 Å². The molecule has 0 saturated heterocycles. The van der Waals surface area contributed by atoms with E-state index in [9.17, 15) is 4.39 Å². The summed E-state index contributed by atoms with van der Waals surface area (Å²) in [6.45, 7) is 4.59. The second-order valence-electron chi connectivity index (χ2n) is 3.59. The molecule has 1 aromatic heterocycles. The summed E-state index contributed by atoms with van der Waals surface area (Å²) in [6.07, 6.45) is 3.14. The minimum atomic E-state index is -0.576. The van der Waals surface area contributed by atoms with Gasteiger partial charge < -0.3 is 10.5 Å². The molecule has 1 heterocycles. The number of hydrogen-bond acceptors (Lipinski definition) is 4. The summed E-state index contributed by atoms with van der Waals surface area (Å²) < 4.78 is 18.3. The van der Waals surface area contributed by atoms with Crippen LogP contribution in [0.3, 0.4) is 0 Å². The molecule has 0 aliphatic carbocycles. The van der Waals surface area contributed by atoms with Gasteiger partial charge in [-0.25, -0.2) is 4.98 Å². The highest BCUT2D eigenvalue weighted by Crippen LogP contribution is 2.15. The second-order valence-corrected chi connectivity index (χ2v) is 3.59. The van der Waals surface area contributed by atoms with Gasteiger partial charge in [0.25, 0.3) is 5.88 Å². The van der Waals surface area contributed by atoms with Crippen molar-refractivity contribution >= 4 is 5.95 Å². The maximum atomic E-state index is 13.1. The molecule has 0 amide bonds. The summed E-state index contributed by atoms with van der Waals surface area (Å²) in [7, 11) is 0. The van der Waals surface area contributed by atoms with Gasteiger partial charge >= 0.3 is 0 Å². The van der Waals surface area contributed by atoms with Crippen molar-refractivity contribution in [2.24, 2.45) is 5.92 Å². The molecule has 0 fully saturated rings. The Kier molecular flexibility index (Phi) is 4.27. The molecule has 0 spiro atoms. The summed E-state index contributed by atoms with van der Waals surface area (Å²) in [4.78, 5) is 7.19. The molecule has 15 heavy (non-hydrogen) atoms. The Morgan fingerprint density at radius 2 is 2.33 bits per heavy atom. The normalized spacial score (nSPS) is 12.5. The van der Waals surface area contributed by atoms with Crippen LogP contribution in [0, 0.1) is 11.7 Å². The van der Waals surface area contributed by atoms with Gasteiger partial charge in [-0.1, -0.05) is 20.3 Å². The first-order valence-electron chi connectivity index (χ1n) is 5.04. The molecule has 0 aliphatic rings. The van der Waals surface area contributed by atoms with Gasteiger partial charge in [0.15, 0.2) is 0 Å².